The van der Waals surface area contributed by atoms with Gasteiger partial charge in [-0.1, -0.05) is 13.8 Å². The first-order chi connectivity index (χ1) is 8.64. The van der Waals surface area contributed by atoms with Gasteiger partial charge in [-0.25, -0.2) is 0 Å². The maximum atomic E-state index is 11.2. The van der Waals surface area contributed by atoms with Crippen molar-refractivity contribution in [3.8, 4) is 0 Å². The van der Waals surface area contributed by atoms with Crippen LogP contribution in [0.15, 0.2) is 0 Å². The second-order valence-electron chi connectivity index (χ2n) is 7.26. The van der Waals surface area contributed by atoms with Crippen LogP contribution in [0.25, 0.3) is 0 Å². The Labute approximate surface area is 117 Å². The fraction of sp³-hybridized carbons (Fsp3) is 0.933. The lowest BCUT2D eigenvalue weighted by Crippen LogP contribution is -2.49. The van der Waals surface area contributed by atoms with Crippen LogP contribution in [0.3, 0.4) is 0 Å². The van der Waals surface area contributed by atoms with Crippen molar-refractivity contribution in [1.82, 2.24) is 4.90 Å². The number of carbonyl (C=O) groups is 1. The first kappa shape index (κ1) is 16.4. The third kappa shape index (κ3) is 5.11. The summed E-state index contributed by atoms with van der Waals surface area (Å²) < 4.78 is 0. The standard InChI is InChI=1S/C15H31N3O/c1-14(2)9-6-12(7-10-14)18(4)11-5-8-15(3,17)13(16)19/h12H,5-11,17H2,1-4H3,(H2,16,19). The molecule has 1 unspecified atom stereocenters. The molecule has 1 atom stereocenters. The van der Waals surface area contributed by atoms with E-state index in [0.717, 1.165) is 13.0 Å². The Bertz CT molecular complexity index is 303. The Morgan fingerprint density at radius 1 is 1.37 bits per heavy atom. The summed E-state index contributed by atoms with van der Waals surface area (Å²) in [6, 6.07) is 0.686. The van der Waals surface area contributed by atoms with E-state index in [-0.39, 0.29) is 0 Å². The van der Waals surface area contributed by atoms with E-state index < -0.39 is 11.4 Å². The molecule has 0 radical (unpaired) electrons. The van der Waals surface area contributed by atoms with Crippen LogP contribution in [0, 0.1) is 5.41 Å². The summed E-state index contributed by atoms with van der Waals surface area (Å²) in [6.07, 6.45) is 6.74. The van der Waals surface area contributed by atoms with E-state index in [4.69, 9.17) is 11.5 Å². The lowest BCUT2D eigenvalue weighted by molar-refractivity contribution is -0.122. The maximum Gasteiger partial charge on any atom is 0.237 e. The Balaban J connectivity index is 2.29. The predicted octanol–water partition coefficient (Wildman–Crippen LogP) is 1.87. The zero-order valence-electron chi connectivity index (χ0n) is 13.0. The Kier molecular flexibility index (Phi) is 5.39. The van der Waals surface area contributed by atoms with E-state index in [1.807, 2.05) is 0 Å². The summed E-state index contributed by atoms with van der Waals surface area (Å²) in [5, 5.41) is 0. The van der Waals surface area contributed by atoms with Gasteiger partial charge in [0, 0.05) is 6.04 Å². The van der Waals surface area contributed by atoms with E-state index in [9.17, 15) is 4.79 Å². The molecule has 1 aliphatic carbocycles. The minimum atomic E-state index is -0.866. The summed E-state index contributed by atoms with van der Waals surface area (Å²) >= 11 is 0. The molecule has 1 saturated carbocycles. The van der Waals surface area contributed by atoms with Crippen molar-refractivity contribution in [2.45, 2.75) is 70.9 Å². The average molecular weight is 269 g/mol. The predicted molar refractivity (Wildman–Crippen MR) is 79.7 cm³/mol. The van der Waals surface area contributed by atoms with Crippen LogP contribution < -0.4 is 11.5 Å². The number of amides is 1. The molecule has 112 valence electrons. The van der Waals surface area contributed by atoms with E-state index in [1.165, 1.54) is 25.7 Å². The van der Waals surface area contributed by atoms with Crippen LogP contribution in [0.4, 0.5) is 0 Å². The summed E-state index contributed by atoms with van der Waals surface area (Å²) in [5.74, 6) is -0.408. The van der Waals surface area contributed by atoms with Crippen molar-refractivity contribution in [3.05, 3.63) is 0 Å². The maximum absolute atomic E-state index is 11.2. The van der Waals surface area contributed by atoms with Crippen molar-refractivity contribution in [1.29, 1.82) is 0 Å². The van der Waals surface area contributed by atoms with Crippen LogP contribution in [0.1, 0.15) is 59.3 Å². The number of nitrogens with two attached hydrogens (primary N) is 2. The van der Waals surface area contributed by atoms with Crippen molar-refractivity contribution in [2.24, 2.45) is 16.9 Å². The normalized spacial score (nSPS) is 23.3. The van der Waals surface area contributed by atoms with Gasteiger partial charge in [-0.15, -0.1) is 0 Å². The summed E-state index contributed by atoms with van der Waals surface area (Å²) in [5.41, 5.74) is 10.8. The molecule has 0 aromatic rings. The molecule has 1 amide bonds. The van der Waals surface area contributed by atoms with Crippen LogP contribution >= 0.6 is 0 Å². The highest BCUT2D eigenvalue weighted by Crippen LogP contribution is 2.36. The van der Waals surface area contributed by atoms with Crippen molar-refractivity contribution in [2.75, 3.05) is 13.6 Å². The van der Waals surface area contributed by atoms with Gasteiger partial charge in [-0.3, -0.25) is 4.79 Å². The lowest BCUT2D eigenvalue weighted by Gasteiger charge is -2.38. The molecule has 1 fully saturated rings. The lowest BCUT2D eigenvalue weighted by atomic mass is 9.75. The molecule has 4 N–H and O–H groups in total. The number of hydrogen-bond donors (Lipinski definition) is 2. The van der Waals surface area contributed by atoms with Crippen LogP contribution in [0.2, 0.25) is 0 Å². The van der Waals surface area contributed by atoms with Gasteiger partial charge in [-0.05, 0) is 64.5 Å². The van der Waals surface area contributed by atoms with Gasteiger partial charge in [0.05, 0.1) is 5.54 Å². The number of primary amides is 1. The molecule has 4 heteroatoms. The van der Waals surface area contributed by atoms with Gasteiger partial charge >= 0.3 is 0 Å². The van der Waals surface area contributed by atoms with Gasteiger partial charge in [-0.2, -0.15) is 0 Å². The van der Waals surface area contributed by atoms with E-state index in [0.29, 0.717) is 17.9 Å². The second kappa shape index (κ2) is 6.23. The van der Waals surface area contributed by atoms with Crippen LogP contribution in [-0.2, 0) is 4.79 Å². The first-order valence-electron chi connectivity index (χ1n) is 7.43. The molecule has 0 aliphatic heterocycles. The highest BCUT2D eigenvalue weighted by atomic mass is 16.1. The molecule has 1 rings (SSSR count). The molecule has 0 saturated heterocycles. The molecule has 0 bridgehead atoms. The SMILES string of the molecule is CN(CCCC(C)(N)C(N)=O)C1CCC(C)(C)CC1. The van der Waals surface area contributed by atoms with Crippen molar-refractivity contribution >= 4 is 5.91 Å². The molecule has 1 aliphatic rings. The van der Waals surface area contributed by atoms with E-state index >= 15 is 0 Å². The number of hydrogen-bond acceptors (Lipinski definition) is 3. The minimum Gasteiger partial charge on any atom is -0.368 e. The van der Waals surface area contributed by atoms with Gasteiger partial charge in [0.15, 0.2) is 0 Å². The molecular formula is C15H31N3O. The van der Waals surface area contributed by atoms with Gasteiger partial charge in [0.1, 0.15) is 0 Å². The van der Waals surface area contributed by atoms with Gasteiger partial charge in [0.25, 0.3) is 0 Å². The third-order valence-electron chi connectivity index (χ3n) is 4.70. The second-order valence-corrected chi connectivity index (χ2v) is 7.26. The zero-order chi connectivity index (χ0) is 14.7. The molecule has 19 heavy (non-hydrogen) atoms. The van der Waals surface area contributed by atoms with E-state index in [1.54, 1.807) is 6.92 Å². The topological polar surface area (TPSA) is 72.3 Å². The van der Waals surface area contributed by atoms with Gasteiger partial charge < -0.3 is 16.4 Å². The molecule has 0 aromatic carbocycles. The molecule has 0 spiro atoms. The average Bonchev–Trinajstić information content (AvgIpc) is 2.28. The highest BCUT2D eigenvalue weighted by molar-refractivity contribution is 5.83. The largest absolute Gasteiger partial charge is 0.368 e. The molecule has 4 nitrogen and oxygen atoms in total. The fourth-order valence-corrected chi connectivity index (χ4v) is 2.83. The Morgan fingerprint density at radius 2 is 1.89 bits per heavy atom. The Morgan fingerprint density at radius 3 is 2.37 bits per heavy atom. The minimum absolute atomic E-state index is 0.408. The third-order valence-corrected chi connectivity index (χ3v) is 4.70. The Hall–Kier alpha value is -0.610. The molecular weight excluding hydrogens is 238 g/mol. The number of carbonyl (C=O) groups excluding carboxylic acids is 1. The number of rotatable bonds is 6. The van der Waals surface area contributed by atoms with Crippen LogP contribution in [0.5, 0.6) is 0 Å². The van der Waals surface area contributed by atoms with Crippen molar-refractivity contribution < 1.29 is 4.79 Å². The van der Waals surface area contributed by atoms with E-state index in [2.05, 4.69) is 25.8 Å². The first-order valence-corrected chi connectivity index (χ1v) is 7.43. The van der Waals surface area contributed by atoms with Gasteiger partial charge in [0.2, 0.25) is 5.91 Å². The summed E-state index contributed by atoms with van der Waals surface area (Å²) in [6.45, 7) is 7.43. The molecule has 0 aromatic heterocycles. The summed E-state index contributed by atoms with van der Waals surface area (Å²) in [7, 11) is 2.18. The zero-order valence-corrected chi connectivity index (χ0v) is 13.0. The monoisotopic (exact) mass is 269 g/mol. The van der Waals surface area contributed by atoms with Crippen LogP contribution in [-0.4, -0.2) is 36.0 Å². The fourth-order valence-electron chi connectivity index (χ4n) is 2.83. The van der Waals surface area contributed by atoms with Crippen molar-refractivity contribution in [3.63, 3.8) is 0 Å². The quantitative estimate of drug-likeness (QED) is 0.773. The highest BCUT2D eigenvalue weighted by Gasteiger charge is 2.29. The molecule has 0 heterocycles. The smallest absolute Gasteiger partial charge is 0.237 e. The number of nitrogens with zero attached hydrogens (tertiary/aromatic N) is 1. The summed E-state index contributed by atoms with van der Waals surface area (Å²) in [4.78, 5) is 13.6.